The monoisotopic (exact) mass is 424 g/mol. The minimum atomic E-state index is 0.0995. The number of rotatable bonds is 10. The highest BCUT2D eigenvalue weighted by Crippen LogP contribution is 2.31. The Balaban J connectivity index is 1.84. The Kier molecular flexibility index (Phi) is 7.15. The maximum absolute atomic E-state index is 12.9. The Labute approximate surface area is 182 Å². The van der Waals surface area contributed by atoms with Crippen LogP contribution in [0.5, 0.6) is 5.75 Å². The quantitative estimate of drug-likeness (QED) is 0.262. The fourth-order valence-corrected chi connectivity index (χ4v) is 4.41. The molecule has 0 aliphatic rings. The van der Waals surface area contributed by atoms with E-state index >= 15 is 0 Å². The highest BCUT2D eigenvalue weighted by molar-refractivity contribution is 7.99. The summed E-state index contributed by atoms with van der Waals surface area (Å²) in [5, 5.41) is 9.40. The Morgan fingerprint density at radius 3 is 2.70 bits per heavy atom. The first-order chi connectivity index (χ1) is 14.5. The Bertz CT molecular complexity index is 1050. The number of ketones is 1. The van der Waals surface area contributed by atoms with Crippen molar-refractivity contribution in [1.82, 2.24) is 19.3 Å². The molecule has 0 atom stereocenters. The topological polar surface area (TPSA) is 61.9 Å². The molecule has 0 aliphatic carbocycles. The maximum Gasteiger partial charge on any atom is 0.192 e. The van der Waals surface area contributed by atoms with Crippen LogP contribution in [0.25, 0.3) is 11.4 Å². The van der Waals surface area contributed by atoms with Crippen molar-refractivity contribution < 1.29 is 9.53 Å². The molecule has 30 heavy (non-hydrogen) atoms. The number of benzene rings is 1. The predicted octanol–water partition coefficient (Wildman–Crippen LogP) is 4.94. The van der Waals surface area contributed by atoms with E-state index in [2.05, 4.69) is 28.3 Å². The summed E-state index contributed by atoms with van der Waals surface area (Å²) in [5.74, 6) is 1.83. The van der Waals surface area contributed by atoms with Crippen LogP contribution in [0, 0.1) is 13.8 Å². The molecule has 2 heterocycles. The molecule has 2 aromatic heterocycles. The van der Waals surface area contributed by atoms with Gasteiger partial charge in [-0.25, -0.2) is 0 Å². The lowest BCUT2D eigenvalue weighted by atomic mass is 10.2. The molecule has 0 radical (unpaired) electrons. The second-order valence-corrected chi connectivity index (χ2v) is 8.00. The smallest absolute Gasteiger partial charge is 0.192 e. The van der Waals surface area contributed by atoms with E-state index in [0.29, 0.717) is 23.3 Å². The number of carbonyl (C=O) groups is 1. The van der Waals surface area contributed by atoms with E-state index in [-0.39, 0.29) is 5.78 Å². The minimum Gasteiger partial charge on any atom is -0.496 e. The lowest BCUT2D eigenvalue weighted by Crippen LogP contribution is -2.08. The standard InChI is InChI=1S/C23H28N4O2S/c1-6-12-26-16(3)14-19(17(26)4)20(28)15-30-23-25-24-22(27(23)13-7-2)18-10-8-9-11-21(18)29-5/h7-11,14H,2,6,12-13,15H2,1,3-5H3. The van der Waals surface area contributed by atoms with Gasteiger partial charge in [-0.3, -0.25) is 9.36 Å². The molecule has 3 aromatic rings. The number of aromatic nitrogens is 4. The van der Waals surface area contributed by atoms with Gasteiger partial charge in [-0.2, -0.15) is 0 Å². The summed E-state index contributed by atoms with van der Waals surface area (Å²) < 4.78 is 9.64. The number of nitrogens with zero attached hydrogens (tertiary/aromatic N) is 4. The van der Waals surface area contributed by atoms with Crippen LogP contribution >= 0.6 is 11.8 Å². The van der Waals surface area contributed by atoms with Gasteiger partial charge in [0.2, 0.25) is 0 Å². The molecule has 1 aromatic carbocycles. The van der Waals surface area contributed by atoms with Crippen molar-refractivity contribution in [3.05, 3.63) is 59.9 Å². The first-order valence-electron chi connectivity index (χ1n) is 10.0. The molecule has 3 rings (SSSR count). The number of hydrogen-bond donors (Lipinski definition) is 0. The lowest BCUT2D eigenvalue weighted by molar-refractivity contribution is 0.102. The second kappa shape index (κ2) is 9.80. The summed E-state index contributed by atoms with van der Waals surface area (Å²) in [7, 11) is 1.64. The number of ether oxygens (including phenoxy) is 1. The molecule has 7 heteroatoms. The van der Waals surface area contributed by atoms with Crippen molar-refractivity contribution in [3.63, 3.8) is 0 Å². The van der Waals surface area contributed by atoms with Gasteiger partial charge in [0.05, 0.1) is 18.4 Å². The van der Waals surface area contributed by atoms with Gasteiger partial charge in [-0.05, 0) is 38.5 Å². The summed E-state index contributed by atoms with van der Waals surface area (Å²) in [4.78, 5) is 12.9. The SMILES string of the molecule is C=CCn1c(SCC(=O)c2cc(C)n(CCC)c2C)nnc1-c1ccccc1OC. The fraction of sp³-hybridized carbons (Fsp3) is 0.348. The molecule has 0 unspecified atom stereocenters. The van der Waals surface area contributed by atoms with Gasteiger partial charge in [0.1, 0.15) is 5.75 Å². The second-order valence-electron chi connectivity index (χ2n) is 7.05. The summed E-state index contributed by atoms with van der Waals surface area (Å²) in [6, 6.07) is 9.69. The molecule has 6 nitrogen and oxygen atoms in total. The van der Waals surface area contributed by atoms with E-state index < -0.39 is 0 Å². The van der Waals surface area contributed by atoms with Crippen molar-refractivity contribution in [2.24, 2.45) is 0 Å². The zero-order valence-corrected chi connectivity index (χ0v) is 18.8. The Morgan fingerprint density at radius 1 is 1.23 bits per heavy atom. The Morgan fingerprint density at radius 2 is 2.00 bits per heavy atom. The van der Waals surface area contributed by atoms with Crippen molar-refractivity contribution in [2.45, 2.75) is 45.4 Å². The van der Waals surface area contributed by atoms with E-state index in [1.807, 2.05) is 48.7 Å². The van der Waals surface area contributed by atoms with Crippen LogP contribution < -0.4 is 4.74 Å². The minimum absolute atomic E-state index is 0.0995. The maximum atomic E-state index is 12.9. The van der Waals surface area contributed by atoms with Crippen LogP contribution in [0.2, 0.25) is 0 Å². The van der Waals surface area contributed by atoms with Crippen molar-refractivity contribution in [3.8, 4) is 17.1 Å². The molecule has 0 amide bonds. The van der Waals surface area contributed by atoms with Gasteiger partial charge in [-0.1, -0.05) is 36.9 Å². The third-order valence-corrected chi connectivity index (χ3v) is 6.00. The first kappa shape index (κ1) is 21.9. The first-order valence-corrected chi connectivity index (χ1v) is 11.0. The number of Topliss-reactive ketones (excluding diaryl/α,β-unsaturated/α-hetero) is 1. The number of para-hydroxylation sites is 1. The zero-order valence-electron chi connectivity index (χ0n) is 18.0. The molecule has 0 fully saturated rings. The summed E-state index contributed by atoms with van der Waals surface area (Å²) in [6.45, 7) is 11.5. The molecule has 0 saturated heterocycles. The lowest BCUT2D eigenvalue weighted by Gasteiger charge is -2.10. The number of hydrogen-bond acceptors (Lipinski definition) is 5. The highest BCUT2D eigenvalue weighted by Gasteiger charge is 2.20. The van der Waals surface area contributed by atoms with Gasteiger partial charge in [0.15, 0.2) is 16.8 Å². The van der Waals surface area contributed by atoms with Crippen molar-refractivity contribution >= 4 is 17.5 Å². The van der Waals surface area contributed by atoms with Crippen LogP contribution in [0.15, 0.2) is 48.1 Å². The van der Waals surface area contributed by atoms with Crippen LogP contribution in [-0.2, 0) is 13.1 Å². The normalized spacial score (nSPS) is 10.9. The fourth-order valence-electron chi connectivity index (χ4n) is 3.58. The molecule has 0 bridgehead atoms. The average Bonchev–Trinajstić information content (AvgIpc) is 3.28. The van der Waals surface area contributed by atoms with Gasteiger partial charge in [0, 0.05) is 30.0 Å². The Hall–Kier alpha value is -2.80. The molecular weight excluding hydrogens is 396 g/mol. The van der Waals surface area contributed by atoms with Crippen LogP contribution in [-0.4, -0.2) is 38.0 Å². The summed E-state index contributed by atoms with van der Waals surface area (Å²) >= 11 is 1.40. The van der Waals surface area contributed by atoms with Crippen LogP contribution in [0.1, 0.15) is 35.1 Å². The van der Waals surface area contributed by atoms with Gasteiger partial charge >= 0.3 is 0 Å². The highest BCUT2D eigenvalue weighted by atomic mass is 32.2. The molecule has 0 aliphatic heterocycles. The van der Waals surface area contributed by atoms with E-state index in [1.54, 1.807) is 13.2 Å². The van der Waals surface area contributed by atoms with Gasteiger partial charge < -0.3 is 9.30 Å². The van der Waals surface area contributed by atoms with Gasteiger partial charge in [0.25, 0.3) is 0 Å². The largest absolute Gasteiger partial charge is 0.496 e. The third-order valence-electron chi connectivity index (χ3n) is 5.03. The summed E-state index contributed by atoms with van der Waals surface area (Å²) in [5.41, 5.74) is 3.79. The van der Waals surface area contributed by atoms with Gasteiger partial charge in [-0.15, -0.1) is 16.8 Å². The molecular formula is C23H28N4O2S. The van der Waals surface area contributed by atoms with Crippen LogP contribution in [0.3, 0.4) is 0 Å². The van der Waals surface area contributed by atoms with E-state index in [4.69, 9.17) is 4.74 Å². The van der Waals surface area contributed by atoms with Crippen molar-refractivity contribution in [1.29, 1.82) is 0 Å². The van der Waals surface area contributed by atoms with Crippen molar-refractivity contribution in [2.75, 3.05) is 12.9 Å². The molecule has 0 spiro atoms. The van der Waals surface area contributed by atoms with E-state index in [1.165, 1.54) is 11.8 Å². The number of thioether (sulfide) groups is 1. The summed E-state index contributed by atoms with van der Waals surface area (Å²) in [6.07, 6.45) is 2.83. The third kappa shape index (κ3) is 4.36. The molecule has 158 valence electrons. The molecule has 0 N–H and O–H groups in total. The molecule has 0 saturated carbocycles. The number of allylic oxidation sites excluding steroid dienone is 1. The number of methoxy groups -OCH3 is 1. The zero-order chi connectivity index (χ0) is 21.7. The average molecular weight is 425 g/mol. The number of aryl methyl sites for hydroxylation is 1. The number of carbonyl (C=O) groups excluding carboxylic acids is 1. The van der Waals surface area contributed by atoms with Crippen LogP contribution in [0.4, 0.5) is 0 Å². The van der Waals surface area contributed by atoms with E-state index in [0.717, 1.165) is 41.2 Å². The van der Waals surface area contributed by atoms with E-state index in [9.17, 15) is 4.79 Å². The predicted molar refractivity (Wildman–Crippen MR) is 121 cm³/mol.